The van der Waals surface area contributed by atoms with E-state index in [9.17, 15) is 4.79 Å². The number of hydrogen-bond acceptors (Lipinski definition) is 1. The smallest absolute Gasteiger partial charge is 0.160 e. The van der Waals surface area contributed by atoms with Gasteiger partial charge in [0.25, 0.3) is 0 Å². The predicted molar refractivity (Wildman–Crippen MR) is 71.8 cm³/mol. The van der Waals surface area contributed by atoms with Gasteiger partial charge in [0.2, 0.25) is 0 Å². The molecular formula is C16H26O. The predicted octanol–water partition coefficient (Wildman–Crippen LogP) is 4.37. The molecule has 0 saturated heterocycles. The maximum absolute atomic E-state index is 12.4. The Hall–Kier alpha value is -0.590. The Morgan fingerprint density at radius 1 is 1.18 bits per heavy atom. The van der Waals surface area contributed by atoms with Gasteiger partial charge in [-0.1, -0.05) is 53.5 Å². The fraction of sp³-hybridized carbons (Fsp3) is 0.812. The molecule has 0 aliphatic heterocycles. The van der Waals surface area contributed by atoms with Crippen LogP contribution >= 0.6 is 0 Å². The Morgan fingerprint density at radius 3 is 2.29 bits per heavy atom. The molecule has 1 heteroatoms. The first-order valence-corrected chi connectivity index (χ1v) is 6.85. The minimum Gasteiger partial charge on any atom is -0.294 e. The molecule has 0 amide bonds. The van der Waals surface area contributed by atoms with Gasteiger partial charge in [-0.2, -0.15) is 0 Å². The van der Waals surface area contributed by atoms with Crippen molar-refractivity contribution in [1.82, 2.24) is 0 Å². The molecule has 96 valence electrons. The topological polar surface area (TPSA) is 17.1 Å². The highest BCUT2D eigenvalue weighted by atomic mass is 16.1. The lowest BCUT2D eigenvalue weighted by molar-refractivity contribution is -0.126. The van der Waals surface area contributed by atoms with Crippen LogP contribution in [0.2, 0.25) is 0 Å². The molecule has 0 N–H and O–H groups in total. The third-order valence-electron chi connectivity index (χ3n) is 4.93. The SMILES string of the molecule is CC(C)(C)C1=CC(=O)C2C(C)(C)CCCC12C. The number of carbonyl (C=O) groups excluding carboxylic acids is 1. The van der Waals surface area contributed by atoms with Crippen LogP contribution < -0.4 is 0 Å². The van der Waals surface area contributed by atoms with Gasteiger partial charge in [0.1, 0.15) is 0 Å². The second-order valence-corrected chi connectivity index (χ2v) is 7.90. The van der Waals surface area contributed by atoms with E-state index in [0.29, 0.717) is 5.78 Å². The van der Waals surface area contributed by atoms with Crippen molar-refractivity contribution in [1.29, 1.82) is 0 Å². The lowest BCUT2D eigenvalue weighted by Crippen LogP contribution is -2.44. The van der Waals surface area contributed by atoms with Crippen molar-refractivity contribution < 1.29 is 4.79 Å². The second-order valence-electron chi connectivity index (χ2n) is 7.90. The van der Waals surface area contributed by atoms with Gasteiger partial charge in [-0.25, -0.2) is 0 Å². The lowest BCUT2D eigenvalue weighted by Gasteiger charge is -2.49. The van der Waals surface area contributed by atoms with E-state index in [2.05, 4.69) is 41.5 Å². The first kappa shape index (κ1) is 12.9. The zero-order valence-corrected chi connectivity index (χ0v) is 12.2. The standard InChI is InChI=1S/C16H26O/c1-14(2,3)12-10-11(17)13-15(4,5)8-7-9-16(12,13)6/h10,13H,7-9H2,1-6H3. The van der Waals surface area contributed by atoms with Crippen LogP contribution in [0.25, 0.3) is 0 Å². The highest BCUT2D eigenvalue weighted by molar-refractivity contribution is 5.97. The Morgan fingerprint density at radius 2 is 1.76 bits per heavy atom. The molecule has 0 aromatic carbocycles. The van der Waals surface area contributed by atoms with Gasteiger partial charge in [0.05, 0.1) is 0 Å². The van der Waals surface area contributed by atoms with E-state index in [1.807, 2.05) is 6.08 Å². The van der Waals surface area contributed by atoms with Gasteiger partial charge in [0, 0.05) is 5.92 Å². The van der Waals surface area contributed by atoms with Crippen molar-refractivity contribution >= 4 is 5.78 Å². The molecule has 0 bridgehead atoms. The maximum Gasteiger partial charge on any atom is 0.160 e. The van der Waals surface area contributed by atoms with Gasteiger partial charge in [-0.3, -0.25) is 4.79 Å². The van der Waals surface area contributed by atoms with Crippen molar-refractivity contribution in [2.24, 2.45) is 22.2 Å². The van der Waals surface area contributed by atoms with E-state index in [0.717, 1.165) is 0 Å². The van der Waals surface area contributed by atoms with E-state index in [-0.39, 0.29) is 22.2 Å². The van der Waals surface area contributed by atoms with Crippen LogP contribution in [0.4, 0.5) is 0 Å². The molecule has 0 radical (unpaired) electrons. The minimum atomic E-state index is 0.108. The molecule has 1 fully saturated rings. The lowest BCUT2D eigenvalue weighted by atomic mass is 9.53. The van der Waals surface area contributed by atoms with E-state index in [1.165, 1.54) is 24.8 Å². The fourth-order valence-corrected chi connectivity index (χ4v) is 4.52. The highest BCUT2D eigenvalue weighted by Crippen LogP contribution is 2.61. The molecule has 2 aliphatic carbocycles. The molecule has 0 spiro atoms. The maximum atomic E-state index is 12.4. The van der Waals surface area contributed by atoms with Crippen molar-refractivity contribution in [2.45, 2.75) is 60.8 Å². The zero-order chi connectivity index (χ0) is 13.1. The van der Waals surface area contributed by atoms with Crippen LogP contribution in [0.5, 0.6) is 0 Å². The van der Waals surface area contributed by atoms with Crippen molar-refractivity contribution in [2.75, 3.05) is 0 Å². The molecule has 2 rings (SSSR count). The molecule has 1 nitrogen and oxygen atoms in total. The van der Waals surface area contributed by atoms with E-state index in [4.69, 9.17) is 0 Å². The minimum absolute atomic E-state index is 0.108. The quantitative estimate of drug-likeness (QED) is 0.608. The summed E-state index contributed by atoms with van der Waals surface area (Å²) in [6, 6.07) is 0. The van der Waals surface area contributed by atoms with Crippen LogP contribution in [-0.4, -0.2) is 5.78 Å². The van der Waals surface area contributed by atoms with E-state index in [1.54, 1.807) is 0 Å². The van der Waals surface area contributed by atoms with Gasteiger partial charge >= 0.3 is 0 Å². The summed E-state index contributed by atoms with van der Waals surface area (Å²) in [5, 5.41) is 0. The fourth-order valence-electron chi connectivity index (χ4n) is 4.52. The Balaban J connectivity index is 2.49. The molecule has 0 aromatic heterocycles. The summed E-state index contributed by atoms with van der Waals surface area (Å²) < 4.78 is 0. The summed E-state index contributed by atoms with van der Waals surface area (Å²) >= 11 is 0. The molecule has 1 saturated carbocycles. The van der Waals surface area contributed by atoms with Crippen LogP contribution in [0.3, 0.4) is 0 Å². The monoisotopic (exact) mass is 234 g/mol. The molecule has 2 unspecified atom stereocenters. The third kappa shape index (κ3) is 1.78. The summed E-state index contributed by atoms with van der Waals surface area (Å²) in [5.41, 5.74) is 1.77. The first-order valence-electron chi connectivity index (χ1n) is 6.85. The van der Waals surface area contributed by atoms with Crippen molar-refractivity contribution in [3.8, 4) is 0 Å². The zero-order valence-electron chi connectivity index (χ0n) is 12.2. The summed E-state index contributed by atoms with van der Waals surface area (Å²) in [5.74, 6) is 0.583. The average Bonchev–Trinajstić information content (AvgIpc) is 2.37. The molecule has 17 heavy (non-hydrogen) atoms. The first-order chi connectivity index (χ1) is 7.59. The molecule has 0 heterocycles. The van der Waals surface area contributed by atoms with Gasteiger partial charge in [0.15, 0.2) is 5.78 Å². The van der Waals surface area contributed by atoms with Crippen molar-refractivity contribution in [3.63, 3.8) is 0 Å². The number of allylic oxidation sites excluding steroid dienone is 2. The molecule has 0 aromatic rings. The number of carbonyl (C=O) groups is 1. The number of hydrogen-bond donors (Lipinski definition) is 0. The average molecular weight is 234 g/mol. The van der Waals surface area contributed by atoms with Gasteiger partial charge in [-0.15, -0.1) is 0 Å². The largest absolute Gasteiger partial charge is 0.294 e. The Kier molecular flexibility index (Phi) is 2.62. The molecule has 2 atom stereocenters. The summed E-state index contributed by atoms with van der Waals surface area (Å²) in [6.07, 6.45) is 5.58. The van der Waals surface area contributed by atoms with Crippen molar-refractivity contribution in [3.05, 3.63) is 11.6 Å². The second kappa shape index (κ2) is 3.46. The van der Waals surface area contributed by atoms with E-state index < -0.39 is 0 Å². The number of ketones is 1. The number of fused-ring (bicyclic) bond motifs is 1. The Labute approximate surface area is 106 Å². The van der Waals surface area contributed by atoms with Crippen LogP contribution in [-0.2, 0) is 4.79 Å². The summed E-state index contributed by atoms with van der Waals surface area (Å²) in [6.45, 7) is 13.6. The van der Waals surface area contributed by atoms with Crippen LogP contribution in [0, 0.1) is 22.2 Å². The van der Waals surface area contributed by atoms with Crippen LogP contribution in [0.15, 0.2) is 11.6 Å². The highest BCUT2D eigenvalue weighted by Gasteiger charge is 2.56. The number of rotatable bonds is 0. The molecule has 2 aliphatic rings. The Bertz CT molecular complexity index is 381. The van der Waals surface area contributed by atoms with E-state index >= 15 is 0 Å². The normalized spacial score (nSPS) is 36.7. The summed E-state index contributed by atoms with van der Waals surface area (Å²) in [7, 11) is 0. The summed E-state index contributed by atoms with van der Waals surface area (Å²) in [4.78, 5) is 12.4. The van der Waals surface area contributed by atoms with Gasteiger partial charge < -0.3 is 0 Å². The van der Waals surface area contributed by atoms with Crippen LogP contribution in [0.1, 0.15) is 60.8 Å². The van der Waals surface area contributed by atoms with Gasteiger partial charge in [-0.05, 0) is 35.2 Å². The third-order valence-corrected chi connectivity index (χ3v) is 4.93. The molecular weight excluding hydrogens is 208 g/mol.